The van der Waals surface area contributed by atoms with Crippen LogP contribution >= 0.6 is 11.6 Å². The lowest BCUT2D eigenvalue weighted by Crippen LogP contribution is -2.55. The number of carbonyl (C=O) groups excluding carboxylic acids is 2. The Morgan fingerprint density at radius 1 is 1.12 bits per heavy atom. The van der Waals surface area contributed by atoms with E-state index in [-0.39, 0.29) is 39.4 Å². The van der Waals surface area contributed by atoms with Gasteiger partial charge in [0.15, 0.2) is 5.60 Å². The summed E-state index contributed by atoms with van der Waals surface area (Å²) in [6.45, 7) is 1.70. The average molecular weight is 632 g/mol. The van der Waals surface area contributed by atoms with Crippen LogP contribution in [0.15, 0.2) is 41.4 Å². The number of anilines is 1. The number of carbonyl (C=O) groups is 2. The molecular formula is C27H33ClF3N5O5S. The molecule has 2 aliphatic rings. The van der Waals surface area contributed by atoms with Crippen LogP contribution in [0.3, 0.4) is 0 Å². The van der Waals surface area contributed by atoms with Crippen molar-refractivity contribution in [3.8, 4) is 5.75 Å². The predicted octanol–water partition coefficient (Wildman–Crippen LogP) is 3.75. The minimum absolute atomic E-state index is 0.00440. The largest absolute Gasteiger partial charge is 0.477 e. The normalized spacial score (nSPS) is 20.9. The topological polar surface area (TPSA) is 121 Å². The first-order valence-electron chi connectivity index (χ1n) is 13.3. The first-order valence-corrected chi connectivity index (χ1v) is 15.1. The highest BCUT2D eigenvalue weighted by Gasteiger charge is 2.43. The Bertz CT molecular complexity index is 1420. The molecule has 1 aromatic heterocycles. The molecule has 0 aliphatic carbocycles. The molecule has 2 fully saturated rings. The van der Waals surface area contributed by atoms with Gasteiger partial charge in [-0.05, 0) is 69.9 Å². The second-order valence-corrected chi connectivity index (χ2v) is 13.7. The van der Waals surface area contributed by atoms with Gasteiger partial charge < -0.3 is 20.3 Å². The van der Waals surface area contributed by atoms with Crippen LogP contribution in [0.2, 0.25) is 5.02 Å². The van der Waals surface area contributed by atoms with Crippen molar-refractivity contribution in [2.24, 2.45) is 0 Å². The molecule has 2 N–H and O–H groups in total. The molecule has 15 heteroatoms. The first kappa shape index (κ1) is 31.8. The lowest BCUT2D eigenvalue weighted by atomic mass is 9.96. The van der Waals surface area contributed by atoms with Gasteiger partial charge in [-0.15, -0.1) is 0 Å². The molecule has 0 saturated carbocycles. The van der Waals surface area contributed by atoms with Gasteiger partial charge in [-0.2, -0.15) is 13.2 Å². The van der Waals surface area contributed by atoms with Crippen LogP contribution < -0.4 is 20.3 Å². The highest BCUT2D eigenvalue weighted by molar-refractivity contribution is 7.89. The molecule has 2 amide bonds. The second-order valence-electron chi connectivity index (χ2n) is 11.1. The summed E-state index contributed by atoms with van der Waals surface area (Å²) in [5, 5.41) is 5.09. The summed E-state index contributed by atoms with van der Waals surface area (Å²) in [4.78, 5) is 31.7. The number of amides is 2. The Hall–Kier alpha value is -3.10. The Labute approximate surface area is 247 Å². The Morgan fingerprint density at radius 2 is 1.76 bits per heavy atom. The van der Waals surface area contributed by atoms with Gasteiger partial charge in [-0.1, -0.05) is 11.6 Å². The summed E-state index contributed by atoms with van der Waals surface area (Å²) < 4.78 is 69.9. The number of piperidine rings is 1. The number of sulfonamides is 1. The van der Waals surface area contributed by atoms with Gasteiger partial charge >= 0.3 is 6.18 Å². The molecule has 42 heavy (non-hydrogen) atoms. The van der Waals surface area contributed by atoms with Crippen LogP contribution in [0.4, 0.5) is 19.0 Å². The number of rotatable bonds is 9. The molecule has 0 unspecified atom stereocenters. The van der Waals surface area contributed by atoms with E-state index in [2.05, 4.69) is 15.2 Å². The predicted molar refractivity (Wildman–Crippen MR) is 150 cm³/mol. The van der Waals surface area contributed by atoms with Crippen molar-refractivity contribution in [1.29, 1.82) is 0 Å². The third-order valence-corrected chi connectivity index (χ3v) is 9.44. The summed E-state index contributed by atoms with van der Waals surface area (Å²) in [5.41, 5.74) is -1.38. The molecule has 3 heterocycles. The molecule has 2 bridgehead atoms. The minimum atomic E-state index is -4.51. The van der Waals surface area contributed by atoms with E-state index in [1.165, 1.54) is 44.6 Å². The molecule has 2 aliphatic heterocycles. The van der Waals surface area contributed by atoms with Crippen molar-refractivity contribution in [3.05, 3.63) is 47.1 Å². The van der Waals surface area contributed by atoms with Crippen molar-refractivity contribution in [1.82, 2.24) is 19.9 Å². The number of ether oxygens (including phenoxy) is 1. The van der Waals surface area contributed by atoms with Crippen LogP contribution in [-0.2, 0) is 14.8 Å². The van der Waals surface area contributed by atoms with E-state index in [9.17, 15) is 31.2 Å². The molecule has 2 aromatic rings. The highest BCUT2D eigenvalue weighted by Crippen LogP contribution is 2.39. The lowest BCUT2D eigenvalue weighted by Gasteiger charge is -2.41. The maximum absolute atomic E-state index is 13.3. The van der Waals surface area contributed by atoms with Crippen LogP contribution in [0, 0.1) is 0 Å². The molecule has 10 nitrogen and oxygen atoms in total. The molecule has 0 radical (unpaired) electrons. The fourth-order valence-electron chi connectivity index (χ4n) is 5.27. The minimum Gasteiger partial charge on any atom is -0.477 e. The molecule has 0 spiro atoms. The number of nitrogens with zero attached hydrogens (tertiary/aromatic N) is 3. The van der Waals surface area contributed by atoms with Crippen LogP contribution in [-0.4, -0.2) is 80.1 Å². The highest BCUT2D eigenvalue weighted by atomic mass is 35.5. The molecule has 230 valence electrons. The smallest absolute Gasteiger partial charge is 0.405 e. The number of alkyl halides is 3. The van der Waals surface area contributed by atoms with E-state index < -0.39 is 40.2 Å². The number of aromatic nitrogens is 1. The summed E-state index contributed by atoms with van der Waals surface area (Å²) in [6, 6.07) is 7.21. The van der Waals surface area contributed by atoms with Gasteiger partial charge in [0.2, 0.25) is 10.0 Å². The number of hydrogen-bond donors (Lipinski definition) is 2. The number of benzene rings is 1. The zero-order chi connectivity index (χ0) is 31.0. The summed E-state index contributed by atoms with van der Waals surface area (Å²) in [7, 11) is -1.12. The van der Waals surface area contributed by atoms with E-state index in [0.717, 1.165) is 17.1 Å². The maximum atomic E-state index is 13.3. The zero-order valence-electron chi connectivity index (χ0n) is 23.5. The van der Waals surface area contributed by atoms with E-state index in [1.54, 1.807) is 19.9 Å². The molecule has 4 rings (SSSR count). The fourth-order valence-corrected chi connectivity index (χ4v) is 6.54. The number of halogens is 4. The Balaban J connectivity index is 1.40. The van der Waals surface area contributed by atoms with Crippen LogP contribution in [0.5, 0.6) is 5.75 Å². The maximum Gasteiger partial charge on any atom is 0.405 e. The summed E-state index contributed by atoms with van der Waals surface area (Å²) >= 11 is 6.05. The second kappa shape index (κ2) is 11.9. The molecule has 3 atom stereocenters. The monoisotopic (exact) mass is 631 g/mol. The standard InChI is InChI=1S/C27H33ClF3N5O5S/c1-26(2,41-21-9-6-17(28)11-22(21)42(39,40)35(3)4)25(38)34-18-12-19-7-8-20(13-18)36(19)23-10-5-16(14-32-23)24(37)33-15-27(29,30)31/h5-6,9-11,14,18-20H,7-8,12-13,15H2,1-4H3,(H,33,37)(H,34,38)/t18-,19+,20-. The Kier molecular flexibility index (Phi) is 9.00. The zero-order valence-corrected chi connectivity index (χ0v) is 25.1. The van der Waals surface area contributed by atoms with Crippen LogP contribution in [0.25, 0.3) is 0 Å². The van der Waals surface area contributed by atoms with Gasteiger partial charge in [0.25, 0.3) is 11.8 Å². The molecular weight excluding hydrogens is 599 g/mol. The number of hydrogen-bond acceptors (Lipinski definition) is 7. The van der Waals surface area contributed by atoms with Crippen molar-refractivity contribution in [2.45, 2.75) is 74.3 Å². The van der Waals surface area contributed by atoms with Gasteiger partial charge in [-0.3, -0.25) is 9.59 Å². The van der Waals surface area contributed by atoms with E-state index >= 15 is 0 Å². The molecule has 2 saturated heterocycles. The number of nitrogens with one attached hydrogen (secondary N) is 2. The number of pyridine rings is 1. The van der Waals surface area contributed by atoms with E-state index in [4.69, 9.17) is 16.3 Å². The lowest BCUT2D eigenvalue weighted by molar-refractivity contribution is -0.135. The van der Waals surface area contributed by atoms with E-state index in [0.29, 0.717) is 18.7 Å². The van der Waals surface area contributed by atoms with Crippen molar-refractivity contribution < 1.29 is 35.9 Å². The first-order chi connectivity index (χ1) is 19.5. The summed E-state index contributed by atoms with van der Waals surface area (Å²) in [5.74, 6) is -0.646. The average Bonchev–Trinajstić information content (AvgIpc) is 3.17. The third-order valence-electron chi connectivity index (χ3n) is 7.37. The van der Waals surface area contributed by atoms with Crippen molar-refractivity contribution in [3.63, 3.8) is 0 Å². The summed E-state index contributed by atoms with van der Waals surface area (Å²) in [6.07, 6.45) is -0.277. The Morgan fingerprint density at radius 3 is 2.31 bits per heavy atom. The van der Waals surface area contributed by atoms with Gasteiger partial charge in [0.05, 0.1) is 5.56 Å². The van der Waals surface area contributed by atoms with Gasteiger partial charge in [0.1, 0.15) is 23.0 Å². The SMILES string of the molecule is CN(C)S(=O)(=O)c1cc(Cl)ccc1OC(C)(C)C(=O)N[C@H]1C[C@H]2CC[C@@H](C1)N2c1ccc(C(=O)NCC(F)(F)F)cn1. The third kappa shape index (κ3) is 7.09. The van der Waals surface area contributed by atoms with Crippen LogP contribution in [0.1, 0.15) is 49.9 Å². The van der Waals surface area contributed by atoms with Crippen molar-refractivity contribution >= 4 is 39.3 Å². The quantitative estimate of drug-likeness (QED) is 0.432. The number of fused-ring (bicyclic) bond motifs is 2. The van der Waals surface area contributed by atoms with Crippen molar-refractivity contribution in [2.75, 3.05) is 25.5 Å². The molecule has 1 aromatic carbocycles. The van der Waals surface area contributed by atoms with Gasteiger partial charge in [-0.25, -0.2) is 17.7 Å². The van der Waals surface area contributed by atoms with Gasteiger partial charge in [0, 0.05) is 43.4 Å². The van der Waals surface area contributed by atoms with E-state index in [1.807, 2.05) is 5.32 Å². The fraction of sp³-hybridized carbons (Fsp3) is 0.519.